The summed E-state index contributed by atoms with van der Waals surface area (Å²) in [5.74, 6) is 0.476. The van der Waals surface area contributed by atoms with Crippen molar-refractivity contribution in [1.82, 2.24) is 29.9 Å². The van der Waals surface area contributed by atoms with Gasteiger partial charge in [0, 0.05) is 24.5 Å². The van der Waals surface area contributed by atoms with E-state index >= 15 is 0 Å². The first kappa shape index (κ1) is 20.1. The topological polar surface area (TPSA) is 77.6 Å². The molecule has 148 valence electrons. The first-order valence-corrected chi connectivity index (χ1v) is 9.62. The molecule has 3 heterocycles. The Morgan fingerprint density at radius 2 is 1.79 bits per heavy atom. The van der Waals surface area contributed by atoms with Gasteiger partial charge in [0.25, 0.3) is 5.91 Å². The number of aromatic nitrogens is 5. The summed E-state index contributed by atoms with van der Waals surface area (Å²) in [6, 6.07) is 7.43. The first-order chi connectivity index (χ1) is 13.2. The minimum Gasteiger partial charge on any atom is -0.350 e. The molecule has 0 saturated carbocycles. The van der Waals surface area contributed by atoms with Crippen molar-refractivity contribution in [2.75, 3.05) is 6.54 Å². The number of carbonyl (C=O) groups excluding carboxylic acids is 1. The molecule has 0 aliphatic heterocycles. The highest BCUT2D eigenvalue weighted by Crippen LogP contribution is 2.18. The summed E-state index contributed by atoms with van der Waals surface area (Å²) in [4.78, 5) is 17.1. The van der Waals surface area contributed by atoms with E-state index in [0.29, 0.717) is 17.4 Å². The van der Waals surface area contributed by atoms with Crippen LogP contribution in [0.1, 0.15) is 40.2 Å². The molecule has 1 atom stereocenters. The Morgan fingerprint density at radius 1 is 1.11 bits per heavy atom. The van der Waals surface area contributed by atoms with Crippen molar-refractivity contribution in [3.05, 3.63) is 57.8 Å². The van der Waals surface area contributed by atoms with Gasteiger partial charge in [-0.3, -0.25) is 9.48 Å². The van der Waals surface area contributed by atoms with Crippen molar-refractivity contribution in [3.63, 3.8) is 0 Å². The Hall–Kier alpha value is -2.67. The van der Waals surface area contributed by atoms with Crippen LogP contribution >= 0.6 is 11.6 Å². The van der Waals surface area contributed by atoms with Crippen LogP contribution in [-0.4, -0.2) is 37.0 Å². The van der Waals surface area contributed by atoms with Crippen LogP contribution in [0.15, 0.2) is 24.3 Å². The molecule has 0 spiro atoms. The number of pyridine rings is 1. The highest BCUT2D eigenvalue weighted by atomic mass is 35.5. The Morgan fingerprint density at radius 3 is 2.39 bits per heavy atom. The van der Waals surface area contributed by atoms with Crippen LogP contribution in [0.5, 0.6) is 0 Å². The van der Waals surface area contributed by atoms with E-state index in [4.69, 9.17) is 11.6 Å². The fraction of sp³-hybridized carbons (Fsp3) is 0.400. The van der Waals surface area contributed by atoms with Crippen molar-refractivity contribution >= 4 is 17.5 Å². The van der Waals surface area contributed by atoms with Gasteiger partial charge in [-0.25, -0.2) is 9.67 Å². The zero-order chi connectivity index (χ0) is 20.4. The van der Waals surface area contributed by atoms with Crippen molar-refractivity contribution in [1.29, 1.82) is 0 Å². The van der Waals surface area contributed by atoms with E-state index in [1.54, 1.807) is 16.8 Å². The molecule has 1 N–H and O–H groups in total. The van der Waals surface area contributed by atoms with Gasteiger partial charge in [-0.15, -0.1) is 0 Å². The van der Waals surface area contributed by atoms with Gasteiger partial charge in [-0.2, -0.15) is 10.2 Å². The van der Waals surface area contributed by atoms with Gasteiger partial charge >= 0.3 is 0 Å². The predicted molar refractivity (Wildman–Crippen MR) is 109 cm³/mol. The van der Waals surface area contributed by atoms with E-state index in [1.807, 2.05) is 44.5 Å². The van der Waals surface area contributed by atoms with Gasteiger partial charge in [-0.1, -0.05) is 18.5 Å². The van der Waals surface area contributed by atoms with Crippen molar-refractivity contribution < 1.29 is 4.79 Å². The highest BCUT2D eigenvalue weighted by Gasteiger charge is 2.16. The van der Waals surface area contributed by atoms with E-state index in [2.05, 4.69) is 27.4 Å². The van der Waals surface area contributed by atoms with E-state index in [0.717, 1.165) is 29.3 Å². The number of amides is 1. The maximum absolute atomic E-state index is 12.7. The number of aryl methyl sites for hydroxylation is 4. The number of hydrogen-bond donors (Lipinski definition) is 1. The second-order valence-corrected chi connectivity index (χ2v) is 7.67. The molecule has 0 radical (unpaired) electrons. The third-order valence-corrected chi connectivity index (χ3v) is 4.78. The van der Waals surface area contributed by atoms with Crippen LogP contribution in [0.2, 0.25) is 5.02 Å². The highest BCUT2D eigenvalue weighted by molar-refractivity contribution is 6.33. The summed E-state index contributed by atoms with van der Waals surface area (Å²) in [6.07, 6.45) is 0. The smallest absolute Gasteiger partial charge is 0.271 e. The standard InChI is InChI=1S/C20H25ClN6O/c1-12(11-26-15(4)8-13(2)24-26)10-22-20(28)19-17(21)6-7-18(23-19)27-16(5)9-14(3)25-27/h6-9,12H,10-11H2,1-5H3,(H,22,28). The average Bonchev–Trinajstić information content (AvgIpc) is 3.13. The second-order valence-electron chi connectivity index (χ2n) is 7.26. The predicted octanol–water partition coefficient (Wildman–Crippen LogP) is 3.42. The minimum absolute atomic E-state index is 0.199. The number of nitrogens with one attached hydrogen (secondary N) is 1. The van der Waals surface area contributed by atoms with Crippen LogP contribution < -0.4 is 5.32 Å². The zero-order valence-electron chi connectivity index (χ0n) is 16.8. The number of hydrogen-bond acceptors (Lipinski definition) is 4. The lowest BCUT2D eigenvalue weighted by Crippen LogP contribution is -2.31. The van der Waals surface area contributed by atoms with Crippen molar-refractivity contribution in [2.24, 2.45) is 5.92 Å². The summed E-state index contributed by atoms with van der Waals surface area (Å²) in [5.41, 5.74) is 4.13. The molecule has 8 heteroatoms. The molecular formula is C20H25ClN6O. The molecule has 3 aromatic heterocycles. The Kier molecular flexibility index (Phi) is 5.84. The van der Waals surface area contributed by atoms with Crippen LogP contribution in [0.4, 0.5) is 0 Å². The summed E-state index contributed by atoms with van der Waals surface area (Å²) < 4.78 is 3.66. The minimum atomic E-state index is -0.298. The molecule has 3 aromatic rings. The summed E-state index contributed by atoms with van der Waals surface area (Å²) in [5, 5.41) is 12.1. The molecule has 0 aliphatic carbocycles. The molecule has 0 fully saturated rings. The maximum atomic E-state index is 12.7. The van der Waals surface area contributed by atoms with Crippen LogP contribution in [0, 0.1) is 33.6 Å². The molecule has 0 bridgehead atoms. The molecule has 1 amide bonds. The summed E-state index contributed by atoms with van der Waals surface area (Å²) in [6.45, 7) is 11.1. The van der Waals surface area contributed by atoms with Crippen LogP contribution in [0.25, 0.3) is 5.82 Å². The van der Waals surface area contributed by atoms with Crippen molar-refractivity contribution in [2.45, 2.75) is 41.2 Å². The third kappa shape index (κ3) is 4.42. The van der Waals surface area contributed by atoms with Gasteiger partial charge in [0.05, 0.1) is 16.4 Å². The quantitative estimate of drug-likeness (QED) is 0.687. The lowest BCUT2D eigenvalue weighted by atomic mass is 10.2. The Balaban J connectivity index is 1.69. The lowest BCUT2D eigenvalue weighted by molar-refractivity contribution is 0.0941. The number of carbonyl (C=O) groups is 1. The lowest BCUT2D eigenvalue weighted by Gasteiger charge is -2.14. The Bertz CT molecular complexity index is 1010. The van der Waals surface area contributed by atoms with Crippen LogP contribution in [-0.2, 0) is 6.54 Å². The van der Waals surface area contributed by atoms with Gasteiger partial charge in [0.1, 0.15) is 5.69 Å². The number of nitrogens with zero attached hydrogens (tertiary/aromatic N) is 5. The van der Waals surface area contributed by atoms with Gasteiger partial charge in [-0.05, 0) is 57.9 Å². The van der Waals surface area contributed by atoms with E-state index in [-0.39, 0.29) is 17.5 Å². The third-order valence-electron chi connectivity index (χ3n) is 4.47. The largest absolute Gasteiger partial charge is 0.350 e. The zero-order valence-corrected chi connectivity index (χ0v) is 17.6. The van der Waals surface area contributed by atoms with Crippen LogP contribution in [0.3, 0.4) is 0 Å². The normalized spacial score (nSPS) is 12.2. The maximum Gasteiger partial charge on any atom is 0.271 e. The monoisotopic (exact) mass is 400 g/mol. The fourth-order valence-electron chi connectivity index (χ4n) is 3.14. The summed E-state index contributed by atoms with van der Waals surface area (Å²) >= 11 is 6.23. The van der Waals surface area contributed by atoms with E-state index < -0.39 is 0 Å². The SMILES string of the molecule is Cc1cc(C)n(CC(C)CNC(=O)c2nc(-n3nc(C)cc3C)ccc2Cl)n1. The number of rotatable bonds is 6. The molecular weight excluding hydrogens is 376 g/mol. The van der Waals surface area contributed by atoms with E-state index in [9.17, 15) is 4.79 Å². The summed E-state index contributed by atoms with van der Waals surface area (Å²) in [7, 11) is 0. The second kappa shape index (κ2) is 8.14. The van der Waals surface area contributed by atoms with Gasteiger partial charge in [0.2, 0.25) is 0 Å². The molecule has 0 aliphatic rings. The molecule has 0 aromatic carbocycles. The molecule has 1 unspecified atom stereocenters. The van der Waals surface area contributed by atoms with E-state index in [1.165, 1.54) is 0 Å². The fourth-order valence-corrected chi connectivity index (χ4v) is 3.33. The first-order valence-electron chi connectivity index (χ1n) is 9.24. The molecule has 7 nitrogen and oxygen atoms in total. The number of halogens is 1. The van der Waals surface area contributed by atoms with Gasteiger partial charge < -0.3 is 5.32 Å². The average molecular weight is 401 g/mol. The van der Waals surface area contributed by atoms with Gasteiger partial charge in [0.15, 0.2) is 5.82 Å². The molecule has 28 heavy (non-hydrogen) atoms. The molecule has 3 rings (SSSR count). The molecule has 0 saturated heterocycles. The van der Waals surface area contributed by atoms with Crippen molar-refractivity contribution in [3.8, 4) is 5.82 Å². The Labute approximate surface area is 169 Å².